The van der Waals surface area contributed by atoms with Crippen molar-refractivity contribution in [1.29, 1.82) is 0 Å². The van der Waals surface area contributed by atoms with Crippen LogP contribution in [0.5, 0.6) is 0 Å². The highest BCUT2D eigenvalue weighted by molar-refractivity contribution is 7.25. The van der Waals surface area contributed by atoms with E-state index in [2.05, 4.69) is 165 Å². The molecule has 13 aromatic rings. The Kier molecular flexibility index (Phi) is 5.22. The summed E-state index contributed by atoms with van der Waals surface area (Å²) in [5, 5.41) is 9.94. The predicted molar refractivity (Wildman–Crippen MR) is 224 cm³/mol. The molecule has 0 radical (unpaired) electrons. The van der Waals surface area contributed by atoms with Crippen molar-refractivity contribution in [2.75, 3.05) is 4.90 Å². The van der Waals surface area contributed by atoms with Crippen molar-refractivity contribution in [1.82, 2.24) is 8.80 Å². The first-order valence-corrected chi connectivity index (χ1v) is 18.8. The van der Waals surface area contributed by atoms with Crippen LogP contribution in [-0.2, 0) is 0 Å². The van der Waals surface area contributed by atoms with E-state index < -0.39 is 0 Å². The van der Waals surface area contributed by atoms with Crippen molar-refractivity contribution >= 4 is 125 Å². The summed E-state index contributed by atoms with van der Waals surface area (Å²) in [4.78, 5) is 2.39. The number of fused-ring (bicyclic) bond motifs is 15. The largest absolute Gasteiger partial charge is 0.456 e. The second-order valence-corrected chi connectivity index (χ2v) is 15.2. The van der Waals surface area contributed by atoms with E-state index in [0.29, 0.717) is 0 Å². The number of aromatic nitrogens is 2. The van der Waals surface area contributed by atoms with Crippen molar-refractivity contribution in [3.63, 3.8) is 0 Å². The number of hydrogen-bond acceptors (Lipinski definition) is 3. The van der Waals surface area contributed by atoms with Gasteiger partial charge in [-0.15, -0.1) is 11.3 Å². The lowest BCUT2D eigenvalue weighted by Crippen LogP contribution is -2.10. The summed E-state index contributed by atoms with van der Waals surface area (Å²) in [6.07, 6.45) is 0. The van der Waals surface area contributed by atoms with Gasteiger partial charge < -0.3 is 18.1 Å². The van der Waals surface area contributed by atoms with Crippen molar-refractivity contribution in [3.05, 3.63) is 164 Å². The molecule has 13 rings (SSSR count). The molecule has 0 spiro atoms. The molecular formula is C48H27N3OS. The average molecular weight is 694 g/mol. The van der Waals surface area contributed by atoms with Crippen LogP contribution in [0.3, 0.4) is 0 Å². The van der Waals surface area contributed by atoms with Gasteiger partial charge in [-0.25, -0.2) is 0 Å². The highest BCUT2D eigenvalue weighted by Gasteiger charge is 2.23. The topological polar surface area (TPSA) is 25.2 Å². The standard InChI is InChI=1S/C48H27N3OS/c1-5-13-39-31(9-1)37-22-23-38-32-10-2-6-14-40(32)51-42-25-28(19-24-41(42)50(39)47(37)48(38)51)49(29-17-20-34-33-11-3-7-15-43(33)52-44(34)26-29)30-18-21-36-35-12-4-8-16-45(35)53-46(36)27-30/h1-27H. The van der Waals surface area contributed by atoms with Crippen LogP contribution < -0.4 is 4.90 Å². The van der Waals surface area contributed by atoms with Gasteiger partial charge in [0.2, 0.25) is 0 Å². The van der Waals surface area contributed by atoms with Gasteiger partial charge in [0.05, 0.1) is 33.1 Å². The van der Waals surface area contributed by atoms with Crippen LogP contribution in [-0.4, -0.2) is 8.80 Å². The molecule has 0 unspecified atom stereocenters. The van der Waals surface area contributed by atoms with Gasteiger partial charge in [0, 0.05) is 75.6 Å². The zero-order valence-corrected chi connectivity index (χ0v) is 29.1. The summed E-state index contributed by atoms with van der Waals surface area (Å²) in [7, 11) is 0. The van der Waals surface area contributed by atoms with Gasteiger partial charge in [-0.3, -0.25) is 0 Å². The van der Waals surface area contributed by atoms with E-state index >= 15 is 0 Å². The molecular weight excluding hydrogens is 667 g/mol. The number of hydrogen-bond donors (Lipinski definition) is 0. The number of para-hydroxylation sites is 3. The number of benzene rings is 8. The molecule has 0 fully saturated rings. The van der Waals surface area contributed by atoms with E-state index in [0.717, 1.165) is 44.5 Å². The summed E-state index contributed by atoms with van der Waals surface area (Å²) < 4.78 is 14.0. The van der Waals surface area contributed by atoms with E-state index in [-0.39, 0.29) is 0 Å². The van der Waals surface area contributed by atoms with Crippen molar-refractivity contribution in [2.24, 2.45) is 0 Å². The van der Waals surface area contributed by atoms with Gasteiger partial charge in [-0.2, -0.15) is 0 Å². The third kappa shape index (κ3) is 3.59. The second kappa shape index (κ2) is 9.94. The third-order valence-electron chi connectivity index (χ3n) is 11.4. The predicted octanol–water partition coefficient (Wildman–Crippen LogP) is 14.0. The maximum absolute atomic E-state index is 6.46. The highest BCUT2D eigenvalue weighted by atomic mass is 32.1. The Balaban J connectivity index is 1.15. The third-order valence-corrected chi connectivity index (χ3v) is 12.5. The zero-order chi connectivity index (χ0) is 34.4. The molecule has 246 valence electrons. The fraction of sp³-hybridized carbons (Fsp3) is 0. The molecule has 0 saturated carbocycles. The van der Waals surface area contributed by atoms with Gasteiger partial charge in [0.15, 0.2) is 0 Å². The quantitative estimate of drug-likeness (QED) is 0.172. The molecule has 4 nitrogen and oxygen atoms in total. The maximum atomic E-state index is 6.46. The minimum Gasteiger partial charge on any atom is -0.456 e. The molecule has 5 aromatic heterocycles. The number of furan rings is 1. The molecule has 0 aliphatic rings. The Morgan fingerprint density at radius 1 is 0.358 bits per heavy atom. The van der Waals surface area contributed by atoms with Crippen molar-refractivity contribution < 1.29 is 4.42 Å². The van der Waals surface area contributed by atoms with Crippen LogP contribution in [0.1, 0.15) is 0 Å². The lowest BCUT2D eigenvalue weighted by molar-refractivity contribution is 0.669. The molecule has 0 saturated heterocycles. The summed E-state index contributed by atoms with van der Waals surface area (Å²) in [6, 6.07) is 59.8. The number of nitrogens with zero attached hydrogens (tertiary/aromatic N) is 3. The first-order valence-electron chi connectivity index (χ1n) is 18.0. The van der Waals surface area contributed by atoms with E-state index in [9.17, 15) is 0 Å². The molecule has 0 N–H and O–H groups in total. The van der Waals surface area contributed by atoms with Crippen molar-refractivity contribution in [3.8, 4) is 0 Å². The molecule has 0 aliphatic carbocycles. The lowest BCUT2D eigenvalue weighted by atomic mass is 10.1. The van der Waals surface area contributed by atoms with E-state index in [1.54, 1.807) is 0 Å². The van der Waals surface area contributed by atoms with E-state index in [1.807, 2.05) is 23.5 Å². The van der Waals surface area contributed by atoms with Gasteiger partial charge in [0.25, 0.3) is 0 Å². The van der Waals surface area contributed by atoms with Gasteiger partial charge in [-0.1, -0.05) is 91.0 Å². The lowest BCUT2D eigenvalue weighted by Gasteiger charge is -2.26. The molecule has 5 heteroatoms. The first-order chi connectivity index (χ1) is 26.3. The number of rotatable bonds is 3. The number of thiophene rings is 1. The van der Waals surface area contributed by atoms with Gasteiger partial charge >= 0.3 is 0 Å². The van der Waals surface area contributed by atoms with Crippen LogP contribution >= 0.6 is 11.3 Å². The summed E-state index contributed by atoms with van der Waals surface area (Å²) in [6.45, 7) is 0. The Labute approximate surface area is 305 Å². The molecule has 0 amide bonds. The summed E-state index contributed by atoms with van der Waals surface area (Å²) in [5.74, 6) is 0. The maximum Gasteiger partial charge on any atom is 0.137 e. The van der Waals surface area contributed by atoms with Crippen LogP contribution in [0.25, 0.3) is 96.8 Å². The Bertz CT molecular complexity index is 3540. The Hall–Kier alpha value is -6.82. The van der Waals surface area contributed by atoms with E-state index in [1.165, 1.54) is 69.3 Å². The molecule has 0 bridgehead atoms. The smallest absolute Gasteiger partial charge is 0.137 e. The minimum absolute atomic E-state index is 0.878. The molecule has 5 heterocycles. The zero-order valence-electron chi connectivity index (χ0n) is 28.2. The van der Waals surface area contributed by atoms with Crippen LogP contribution in [0.2, 0.25) is 0 Å². The molecule has 8 aromatic carbocycles. The van der Waals surface area contributed by atoms with Crippen LogP contribution in [0.15, 0.2) is 168 Å². The summed E-state index contributed by atoms with van der Waals surface area (Å²) in [5.41, 5.74) is 12.3. The molecule has 0 aliphatic heterocycles. The summed E-state index contributed by atoms with van der Waals surface area (Å²) >= 11 is 1.85. The highest BCUT2D eigenvalue weighted by Crippen LogP contribution is 2.45. The van der Waals surface area contributed by atoms with Gasteiger partial charge in [-0.05, 0) is 66.7 Å². The van der Waals surface area contributed by atoms with Crippen molar-refractivity contribution in [2.45, 2.75) is 0 Å². The second-order valence-electron chi connectivity index (χ2n) is 14.1. The fourth-order valence-electron chi connectivity index (χ4n) is 9.17. The average Bonchev–Trinajstić information content (AvgIpc) is 3.95. The Morgan fingerprint density at radius 3 is 1.66 bits per heavy atom. The normalized spacial score (nSPS) is 12.5. The van der Waals surface area contributed by atoms with Crippen LogP contribution in [0.4, 0.5) is 17.1 Å². The monoisotopic (exact) mass is 693 g/mol. The van der Waals surface area contributed by atoms with E-state index in [4.69, 9.17) is 4.42 Å². The fourth-order valence-corrected chi connectivity index (χ4v) is 10.3. The molecule has 53 heavy (non-hydrogen) atoms. The Morgan fingerprint density at radius 2 is 0.887 bits per heavy atom. The molecule has 0 atom stereocenters. The SMILES string of the molecule is c1ccc2c(c1)oc1cc(N(c3ccc4c(c3)sc3ccccc34)c3ccc4c(c3)n3c5ccccc5c5ccc6c7ccccc7n4c6c53)ccc12. The van der Waals surface area contributed by atoms with Gasteiger partial charge in [0.1, 0.15) is 11.2 Å². The minimum atomic E-state index is 0.878. The number of anilines is 3. The van der Waals surface area contributed by atoms with Crippen LogP contribution in [0, 0.1) is 0 Å². The first kappa shape index (κ1) is 27.8.